The number of carbonyl (C=O) groups excluding carboxylic acids is 2. The molecule has 3 heterocycles. The third-order valence-electron chi connectivity index (χ3n) is 6.78. The van der Waals surface area contributed by atoms with Crippen LogP contribution in [0.15, 0.2) is 58.7 Å². The molecule has 6 rings (SSSR count). The molecular formula is C24H24N4O2. The minimum absolute atomic E-state index is 0.0601. The number of hydrogen-bond acceptors (Lipinski definition) is 4. The summed E-state index contributed by atoms with van der Waals surface area (Å²) in [4.78, 5) is 36.2. The van der Waals surface area contributed by atoms with Crippen LogP contribution in [0.3, 0.4) is 0 Å². The molecule has 1 saturated carbocycles. The van der Waals surface area contributed by atoms with Gasteiger partial charge in [-0.05, 0) is 34.4 Å². The highest BCUT2D eigenvalue weighted by molar-refractivity contribution is 5.95. The molecule has 4 aliphatic rings. The Morgan fingerprint density at radius 1 is 1.00 bits per heavy atom. The van der Waals surface area contributed by atoms with Gasteiger partial charge in [0.25, 0.3) is 0 Å². The zero-order chi connectivity index (χ0) is 20.2. The van der Waals surface area contributed by atoms with Crippen molar-refractivity contribution in [1.82, 2.24) is 14.7 Å². The Bertz CT molecular complexity index is 1120. The molecule has 3 fully saturated rings. The molecule has 0 radical (unpaired) electrons. The SMILES string of the molecule is O=C1C2CN(Cc3ccc4ccccc4c3)CCN2C(=O)CN1CC1=C2C[C@@H]2C=N1. The quantitative estimate of drug-likeness (QED) is 0.789. The molecule has 152 valence electrons. The summed E-state index contributed by atoms with van der Waals surface area (Å²) in [6, 6.07) is 14.5. The van der Waals surface area contributed by atoms with Gasteiger partial charge in [-0.2, -0.15) is 0 Å². The van der Waals surface area contributed by atoms with Gasteiger partial charge in [-0.25, -0.2) is 0 Å². The first-order valence-corrected chi connectivity index (χ1v) is 10.7. The number of nitrogens with zero attached hydrogens (tertiary/aromatic N) is 4. The number of fused-ring (bicyclic) bond motifs is 3. The van der Waals surface area contributed by atoms with Gasteiger partial charge in [-0.15, -0.1) is 0 Å². The number of amides is 2. The highest BCUT2D eigenvalue weighted by Crippen LogP contribution is 2.43. The van der Waals surface area contributed by atoms with E-state index in [1.807, 2.05) is 6.21 Å². The molecule has 3 aliphatic heterocycles. The number of aliphatic imine (C=N–C) groups is 1. The van der Waals surface area contributed by atoms with Crippen LogP contribution in [0.5, 0.6) is 0 Å². The zero-order valence-corrected chi connectivity index (χ0v) is 16.8. The third-order valence-corrected chi connectivity index (χ3v) is 6.78. The van der Waals surface area contributed by atoms with Crippen molar-refractivity contribution in [2.24, 2.45) is 10.9 Å². The maximum atomic E-state index is 13.2. The number of hydrogen-bond donors (Lipinski definition) is 0. The summed E-state index contributed by atoms with van der Waals surface area (Å²) in [7, 11) is 0. The first kappa shape index (κ1) is 17.8. The largest absolute Gasteiger partial charge is 0.327 e. The molecule has 0 aromatic heterocycles. The molecule has 0 N–H and O–H groups in total. The van der Waals surface area contributed by atoms with Crippen LogP contribution in [-0.2, 0) is 16.1 Å². The number of rotatable bonds is 4. The summed E-state index contributed by atoms with van der Waals surface area (Å²) in [6.07, 6.45) is 3.04. The lowest BCUT2D eigenvalue weighted by Crippen LogP contribution is -2.66. The van der Waals surface area contributed by atoms with E-state index in [-0.39, 0.29) is 24.4 Å². The molecule has 2 saturated heterocycles. The fourth-order valence-corrected chi connectivity index (χ4v) is 5.00. The molecule has 30 heavy (non-hydrogen) atoms. The summed E-state index contributed by atoms with van der Waals surface area (Å²) in [6.45, 7) is 3.44. The summed E-state index contributed by atoms with van der Waals surface area (Å²) in [5, 5.41) is 2.46. The monoisotopic (exact) mass is 400 g/mol. The summed E-state index contributed by atoms with van der Waals surface area (Å²) in [5.41, 5.74) is 3.58. The maximum Gasteiger partial charge on any atom is 0.247 e. The van der Waals surface area contributed by atoms with Crippen LogP contribution in [0, 0.1) is 5.92 Å². The van der Waals surface area contributed by atoms with Gasteiger partial charge in [0.15, 0.2) is 0 Å². The molecule has 2 atom stereocenters. The van der Waals surface area contributed by atoms with Crippen LogP contribution in [0.25, 0.3) is 10.8 Å². The van der Waals surface area contributed by atoms with E-state index in [0.717, 1.165) is 25.2 Å². The standard InChI is InChI=1S/C24H24N4O2/c29-23-15-27(13-21-20-10-19(20)11-25-21)24(30)22-14-26(7-8-28(22)23)12-16-5-6-17-3-1-2-4-18(17)9-16/h1-6,9,11,19,22H,7-8,10,12-15H2/t19-,22?/m1/s1. The molecule has 0 spiro atoms. The number of benzene rings is 2. The lowest BCUT2D eigenvalue weighted by molar-refractivity contribution is -0.159. The maximum absolute atomic E-state index is 13.2. The van der Waals surface area contributed by atoms with Crippen LogP contribution in [0.2, 0.25) is 0 Å². The molecule has 2 amide bonds. The second-order valence-corrected chi connectivity index (χ2v) is 8.77. The van der Waals surface area contributed by atoms with Gasteiger partial charge >= 0.3 is 0 Å². The van der Waals surface area contributed by atoms with E-state index in [9.17, 15) is 9.59 Å². The van der Waals surface area contributed by atoms with Crippen molar-refractivity contribution in [1.29, 1.82) is 0 Å². The molecule has 1 aliphatic carbocycles. The van der Waals surface area contributed by atoms with Gasteiger partial charge in [0, 0.05) is 38.3 Å². The van der Waals surface area contributed by atoms with Crippen molar-refractivity contribution in [3.8, 4) is 0 Å². The van der Waals surface area contributed by atoms with Gasteiger partial charge < -0.3 is 9.80 Å². The van der Waals surface area contributed by atoms with E-state index < -0.39 is 0 Å². The van der Waals surface area contributed by atoms with E-state index in [1.165, 1.54) is 21.9 Å². The van der Waals surface area contributed by atoms with Crippen LogP contribution in [-0.4, -0.2) is 71.5 Å². The zero-order valence-electron chi connectivity index (χ0n) is 16.8. The van der Waals surface area contributed by atoms with Gasteiger partial charge in [-0.1, -0.05) is 36.4 Å². The van der Waals surface area contributed by atoms with Crippen LogP contribution < -0.4 is 0 Å². The average molecular weight is 400 g/mol. The Balaban J connectivity index is 1.17. The number of piperazine rings is 2. The smallest absolute Gasteiger partial charge is 0.247 e. The topological polar surface area (TPSA) is 56.2 Å². The number of carbonyl (C=O) groups is 2. The molecule has 6 heteroatoms. The summed E-state index contributed by atoms with van der Waals surface area (Å²) >= 11 is 0. The fraction of sp³-hybridized carbons (Fsp3) is 0.375. The molecule has 1 unspecified atom stereocenters. The van der Waals surface area contributed by atoms with Crippen molar-refractivity contribution < 1.29 is 9.59 Å². The predicted octanol–water partition coefficient (Wildman–Crippen LogP) is 2.05. The third kappa shape index (κ3) is 3.03. The molecule has 2 aromatic rings. The van der Waals surface area contributed by atoms with Gasteiger partial charge in [0.2, 0.25) is 11.8 Å². The fourth-order valence-electron chi connectivity index (χ4n) is 5.00. The predicted molar refractivity (Wildman–Crippen MR) is 115 cm³/mol. The highest BCUT2D eigenvalue weighted by atomic mass is 16.2. The van der Waals surface area contributed by atoms with Crippen LogP contribution >= 0.6 is 0 Å². The number of allylic oxidation sites excluding steroid dienone is 1. The lowest BCUT2D eigenvalue weighted by Gasteiger charge is -2.46. The second kappa shape index (κ2) is 6.77. The average Bonchev–Trinajstić information content (AvgIpc) is 3.45. The van der Waals surface area contributed by atoms with Crippen LogP contribution in [0.4, 0.5) is 0 Å². The summed E-state index contributed by atoms with van der Waals surface area (Å²) in [5.74, 6) is 0.620. The highest BCUT2D eigenvalue weighted by Gasteiger charge is 2.44. The van der Waals surface area contributed by atoms with Crippen LogP contribution in [0.1, 0.15) is 12.0 Å². The van der Waals surface area contributed by atoms with Gasteiger partial charge in [0.1, 0.15) is 12.6 Å². The Kier molecular flexibility index (Phi) is 4.03. The normalized spacial score (nSPS) is 25.9. The Labute approximate surface area is 175 Å². The molecule has 6 nitrogen and oxygen atoms in total. The van der Waals surface area contributed by atoms with Gasteiger partial charge in [0.05, 0.1) is 12.2 Å². The van der Waals surface area contributed by atoms with Crippen molar-refractivity contribution in [2.75, 3.05) is 32.7 Å². The first-order valence-electron chi connectivity index (χ1n) is 10.7. The van der Waals surface area contributed by atoms with Gasteiger partial charge in [-0.3, -0.25) is 19.5 Å². The van der Waals surface area contributed by atoms with E-state index in [2.05, 4.69) is 52.4 Å². The Morgan fingerprint density at radius 2 is 1.87 bits per heavy atom. The van der Waals surface area contributed by atoms with E-state index in [0.29, 0.717) is 25.6 Å². The van der Waals surface area contributed by atoms with Crippen molar-refractivity contribution in [2.45, 2.75) is 19.0 Å². The van der Waals surface area contributed by atoms with Crippen molar-refractivity contribution in [3.63, 3.8) is 0 Å². The Hall–Kier alpha value is -2.99. The van der Waals surface area contributed by atoms with E-state index in [1.54, 1.807) is 9.80 Å². The second-order valence-electron chi connectivity index (χ2n) is 8.77. The molecule has 2 aromatic carbocycles. The molecular weight excluding hydrogens is 376 g/mol. The minimum atomic E-state index is -0.383. The first-order chi connectivity index (χ1) is 14.7. The van der Waals surface area contributed by atoms with Crippen molar-refractivity contribution >= 4 is 28.8 Å². The van der Waals surface area contributed by atoms with Crippen molar-refractivity contribution in [3.05, 3.63) is 59.3 Å². The lowest BCUT2D eigenvalue weighted by atomic mass is 10.0. The minimum Gasteiger partial charge on any atom is -0.327 e. The summed E-state index contributed by atoms with van der Waals surface area (Å²) < 4.78 is 0. The van der Waals surface area contributed by atoms with E-state index >= 15 is 0 Å². The Morgan fingerprint density at radius 3 is 2.67 bits per heavy atom. The van der Waals surface area contributed by atoms with E-state index in [4.69, 9.17) is 0 Å². The molecule has 0 bridgehead atoms.